The Labute approximate surface area is 133 Å². The number of rotatable bonds is 8. The van der Waals surface area contributed by atoms with Gasteiger partial charge in [-0.1, -0.05) is 18.7 Å². The monoisotopic (exact) mass is 330 g/mol. The highest BCUT2D eigenvalue weighted by Crippen LogP contribution is 2.51. The minimum Gasteiger partial charge on any atom is -0.469 e. The first-order valence-corrected chi connectivity index (χ1v) is 8.28. The Morgan fingerprint density at radius 3 is 2.81 bits per heavy atom. The van der Waals surface area contributed by atoms with Crippen molar-refractivity contribution in [3.63, 3.8) is 0 Å². The van der Waals surface area contributed by atoms with Gasteiger partial charge in [0.15, 0.2) is 5.16 Å². The first kappa shape index (κ1) is 16.3. The molecular formula is C13H19ClN4O2S. The standard InChI is InChI=1S/C13H19ClN4O2S/c1-3-6-15-11-16-10(14)17-12(18-11)21-8-13(4-5-13)7-9(19)20-2/h3-8H2,1-2H3,(H,15,16,17,18). The van der Waals surface area contributed by atoms with Crippen LogP contribution in [0.1, 0.15) is 32.6 Å². The lowest BCUT2D eigenvalue weighted by Gasteiger charge is -2.12. The van der Waals surface area contributed by atoms with Gasteiger partial charge in [-0.15, -0.1) is 0 Å². The third-order valence-electron chi connectivity index (χ3n) is 3.33. The van der Waals surface area contributed by atoms with Crippen LogP contribution in [0.3, 0.4) is 0 Å². The molecule has 2 rings (SSSR count). The Kier molecular flexibility index (Phi) is 5.64. The van der Waals surface area contributed by atoms with E-state index in [2.05, 4.69) is 27.2 Å². The molecule has 6 nitrogen and oxygen atoms in total. The maximum atomic E-state index is 11.4. The molecule has 116 valence electrons. The van der Waals surface area contributed by atoms with Gasteiger partial charge in [0.2, 0.25) is 11.2 Å². The summed E-state index contributed by atoms with van der Waals surface area (Å²) in [6, 6.07) is 0. The number of carbonyl (C=O) groups is 1. The molecule has 0 saturated heterocycles. The zero-order chi connectivity index (χ0) is 15.3. The predicted octanol–water partition coefficient (Wildman–Crippen LogP) is 2.78. The third-order valence-corrected chi connectivity index (χ3v) is 4.70. The van der Waals surface area contributed by atoms with E-state index in [0.717, 1.165) is 31.6 Å². The van der Waals surface area contributed by atoms with Crippen LogP contribution in [-0.4, -0.2) is 40.3 Å². The van der Waals surface area contributed by atoms with Crippen LogP contribution in [0.15, 0.2) is 5.16 Å². The highest BCUT2D eigenvalue weighted by Gasteiger charge is 2.44. The van der Waals surface area contributed by atoms with E-state index in [0.29, 0.717) is 17.5 Å². The van der Waals surface area contributed by atoms with E-state index in [1.54, 1.807) is 0 Å². The number of hydrogen-bond acceptors (Lipinski definition) is 7. The lowest BCUT2D eigenvalue weighted by atomic mass is 10.1. The van der Waals surface area contributed by atoms with Crippen molar-refractivity contribution in [3.05, 3.63) is 5.28 Å². The minimum atomic E-state index is -0.160. The summed E-state index contributed by atoms with van der Waals surface area (Å²) < 4.78 is 4.74. The molecule has 1 fully saturated rings. The van der Waals surface area contributed by atoms with Crippen LogP contribution in [0.25, 0.3) is 0 Å². The summed E-state index contributed by atoms with van der Waals surface area (Å²) in [4.78, 5) is 23.9. The molecule has 1 heterocycles. The van der Waals surface area contributed by atoms with E-state index in [1.165, 1.54) is 18.9 Å². The summed E-state index contributed by atoms with van der Waals surface area (Å²) in [5.41, 5.74) is 0.0356. The van der Waals surface area contributed by atoms with Crippen molar-refractivity contribution in [2.75, 3.05) is 24.7 Å². The number of halogens is 1. The van der Waals surface area contributed by atoms with Crippen LogP contribution in [0, 0.1) is 5.41 Å². The fourth-order valence-corrected chi connectivity index (χ4v) is 3.20. The van der Waals surface area contributed by atoms with E-state index < -0.39 is 0 Å². The summed E-state index contributed by atoms with van der Waals surface area (Å²) in [5.74, 6) is 1.12. The van der Waals surface area contributed by atoms with E-state index in [1.807, 2.05) is 0 Å². The summed E-state index contributed by atoms with van der Waals surface area (Å²) >= 11 is 7.42. The van der Waals surface area contributed by atoms with Gasteiger partial charge in [-0.05, 0) is 36.3 Å². The SMILES string of the molecule is CCCNc1nc(Cl)nc(SCC2(CC(=O)OC)CC2)n1. The number of thioether (sulfide) groups is 1. The van der Waals surface area contributed by atoms with Crippen molar-refractivity contribution < 1.29 is 9.53 Å². The molecule has 1 N–H and O–H groups in total. The predicted molar refractivity (Wildman–Crippen MR) is 82.6 cm³/mol. The van der Waals surface area contributed by atoms with Crippen LogP contribution in [0.5, 0.6) is 0 Å². The summed E-state index contributed by atoms with van der Waals surface area (Å²) in [6.07, 6.45) is 3.51. The molecule has 0 radical (unpaired) electrons. The number of anilines is 1. The molecule has 0 atom stereocenters. The Morgan fingerprint density at radius 2 is 2.19 bits per heavy atom. The molecule has 8 heteroatoms. The van der Waals surface area contributed by atoms with Crippen molar-refractivity contribution >= 4 is 35.3 Å². The number of aromatic nitrogens is 3. The highest BCUT2D eigenvalue weighted by atomic mass is 35.5. The van der Waals surface area contributed by atoms with Gasteiger partial charge < -0.3 is 10.1 Å². The molecule has 0 spiro atoms. The van der Waals surface area contributed by atoms with Crippen molar-refractivity contribution in [1.29, 1.82) is 0 Å². The zero-order valence-electron chi connectivity index (χ0n) is 12.2. The quantitative estimate of drug-likeness (QED) is 0.580. The van der Waals surface area contributed by atoms with Gasteiger partial charge in [0.05, 0.1) is 13.5 Å². The molecule has 1 aromatic rings. The second kappa shape index (κ2) is 7.26. The van der Waals surface area contributed by atoms with Crippen LogP contribution < -0.4 is 5.32 Å². The molecule has 0 bridgehead atoms. The van der Waals surface area contributed by atoms with E-state index in [9.17, 15) is 4.79 Å². The van der Waals surface area contributed by atoms with Gasteiger partial charge in [-0.25, -0.2) is 0 Å². The Hall–Kier alpha value is -1.08. The van der Waals surface area contributed by atoms with Crippen molar-refractivity contribution in [1.82, 2.24) is 15.0 Å². The summed E-state index contributed by atoms with van der Waals surface area (Å²) in [5, 5.41) is 3.87. The van der Waals surface area contributed by atoms with E-state index in [-0.39, 0.29) is 16.7 Å². The maximum Gasteiger partial charge on any atom is 0.306 e. The van der Waals surface area contributed by atoms with Gasteiger partial charge in [0.25, 0.3) is 0 Å². The largest absolute Gasteiger partial charge is 0.469 e. The highest BCUT2D eigenvalue weighted by molar-refractivity contribution is 7.99. The zero-order valence-corrected chi connectivity index (χ0v) is 13.8. The molecule has 1 saturated carbocycles. The Balaban J connectivity index is 1.93. The van der Waals surface area contributed by atoms with Crippen molar-refractivity contribution in [2.24, 2.45) is 5.41 Å². The second-order valence-electron chi connectivity index (χ2n) is 5.18. The lowest BCUT2D eigenvalue weighted by molar-refractivity contribution is -0.141. The molecule has 0 amide bonds. The van der Waals surface area contributed by atoms with Gasteiger partial charge in [-0.3, -0.25) is 4.79 Å². The fraction of sp³-hybridized carbons (Fsp3) is 0.692. The number of nitrogens with zero attached hydrogens (tertiary/aromatic N) is 3. The number of esters is 1. The molecule has 1 aromatic heterocycles. The average Bonchev–Trinajstić information content (AvgIpc) is 3.22. The van der Waals surface area contributed by atoms with Gasteiger partial charge in [0.1, 0.15) is 0 Å². The second-order valence-corrected chi connectivity index (χ2v) is 6.46. The number of methoxy groups -OCH3 is 1. The number of ether oxygens (including phenoxy) is 1. The lowest BCUT2D eigenvalue weighted by Crippen LogP contribution is -2.13. The smallest absolute Gasteiger partial charge is 0.306 e. The number of hydrogen-bond donors (Lipinski definition) is 1. The molecule has 0 unspecified atom stereocenters. The molecular weight excluding hydrogens is 312 g/mol. The topological polar surface area (TPSA) is 77.0 Å². The molecule has 1 aliphatic carbocycles. The molecule has 21 heavy (non-hydrogen) atoms. The average molecular weight is 331 g/mol. The first-order valence-electron chi connectivity index (χ1n) is 6.92. The van der Waals surface area contributed by atoms with Crippen LogP contribution >= 0.6 is 23.4 Å². The minimum absolute atomic E-state index is 0.0356. The van der Waals surface area contributed by atoms with Gasteiger partial charge in [0, 0.05) is 12.3 Å². The Morgan fingerprint density at radius 1 is 1.43 bits per heavy atom. The van der Waals surface area contributed by atoms with E-state index >= 15 is 0 Å². The first-order chi connectivity index (χ1) is 10.1. The van der Waals surface area contributed by atoms with E-state index in [4.69, 9.17) is 16.3 Å². The number of nitrogens with one attached hydrogen (secondary N) is 1. The maximum absolute atomic E-state index is 11.4. The fourth-order valence-electron chi connectivity index (χ4n) is 1.86. The molecule has 0 aliphatic heterocycles. The van der Waals surface area contributed by atoms with Crippen LogP contribution in [-0.2, 0) is 9.53 Å². The van der Waals surface area contributed by atoms with Gasteiger partial charge >= 0.3 is 5.97 Å². The van der Waals surface area contributed by atoms with Gasteiger partial charge in [-0.2, -0.15) is 15.0 Å². The Bertz CT molecular complexity index is 511. The normalized spacial score (nSPS) is 15.6. The number of carbonyl (C=O) groups excluding carboxylic acids is 1. The van der Waals surface area contributed by atoms with Crippen LogP contribution in [0.4, 0.5) is 5.95 Å². The molecule has 0 aromatic carbocycles. The van der Waals surface area contributed by atoms with Crippen molar-refractivity contribution in [3.8, 4) is 0 Å². The summed E-state index contributed by atoms with van der Waals surface area (Å²) in [6.45, 7) is 2.85. The third kappa shape index (κ3) is 5.00. The van der Waals surface area contributed by atoms with Crippen molar-refractivity contribution in [2.45, 2.75) is 37.8 Å². The molecule has 1 aliphatic rings. The van der Waals surface area contributed by atoms with Crippen LogP contribution in [0.2, 0.25) is 5.28 Å². The summed E-state index contributed by atoms with van der Waals surface area (Å²) in [7, 11) is 1.42.